The van der Waals surface area contributed by atoms with E-state index in [9.17, 15) is 14.3 Å². The molecule has 0 bridgehead atoms. The summed E-state index contributed by atoms with van der Waals surface area (Å²) in [7, 11) is 3.57. The SMILES string of the molecule is COc1ccc(NC(=O)N2CC[C@H]3[C@@H]2c2cc(-c4ccccc4F)ccc2N(C)[C@H]3CO)cc1. The van der Waals surface area contributed by atoms with E-state index >= 15 is 0 Å². The summed E-state index contributed by atoms with van der Waals surface area (Å²) in [4.78, 5) is 17.3. The number of likely N-dealkylation sites (tertiary alicyclic amines) is 1. The van der Waals surface area contributed by atoms with E-state index in [1.807, 2.05) is 36.2 Å². The molecule has 0 saturated carbocycles. The number of aliphatic hydroxyl groups is 1. The van der Waals surface area contributed by atoms with Crippen molar-refractivity contribution in [1.29, 1.82) is 0 Å². The minimum atomic E-state index is -0.281. The van der Waals surface area contributed by atoms with Gasteiger partial charge in [-0.1, -0.05) is 24.3 Å². The van der Waals surface area contributed by atoms with Crippen LogP contribution in [0.3, 0.4) is 0 Å². The third kappa shape index (κ3) is 3.76. The standard InChI is InChI=1S/C27H28FN3O3/c1-30-24-12-7-17(20-5-3-4-6-23(20)28)15-22(24)26-21(25(30)16-32)13-14-31(26)27(33)29-18-8-10-19(34-2)11-9-18/h3-12,15,21,25-26,32H,13-14,16H2,1-2H3,(H,29,33)/t21-,25+,26-/m1/s1. The zero-order valence-electron chi connectivity index (χ0n) is 19.2. The molecule has 0 radical (unpaired) electrons. The van der Waals surface area contributed by atoms with Crippen LogP contribution in [0.1, 0.15) is 18.0 Å². The third-order valence-electron chi connectivity index (χ3n) is 7.14. The Morgan fingerprint density at radius 3 is 2.62 bits per heavy atom. The zero-order valence-corrected chi connectivity index (χ0v) is 19.2. The van der Waals surface area contributed by atoms with Gasteiger partial charge in [0.1, 0.15) is 11.6 Å². The number of ether oxygens (including phenoxy) is 1. The number of urea groups is 1. The molecule has 1 fully saturated rings. The van der Waals surface area contributed by atoms with E-state index in [0.29, 0.717) is 17.8 Å². The van der Waals surface area contributed by atoms with Gasteiger partial charge in [-0.05, 0) is 60.0 Å². The number of amides is 2. The Morgan fingerprint density at radius 1 is 1.15 bits per heavy atom. The van der Waals surface area contributed by atoms with Crippen LogP contribution in [-0.2, 0) is 0 Å². The Hall–Kier alpha value is -3.58. The molecule has 0 unspecified atom stereocenters. The monoisotopic (exact) mass is 461 g/mol. The Kier molecular flexibility index (Phi) is 5.87. The van der Waals surface area contributed by atoms with Crippen molar-refractivity contribution in [2.75, 3.05) is 37.5 Å². The number of nitrogens with zero attached hydrogens (tertiary/aromatic N) is 2. The quantitative estimate of drug-likeness (QED) is 0.580. The lowest BCUT2D eigenvalue weighted by molar-refractivity contribution is 0.168. The smallest absolute Gasteiger partial charge is 0.322 e. The Labute approximate surface area is 198 Å². The first-order valence-electron chi connectivity index (χ1n) is 11.5. The fraction of sp³-hybridized carbons (Fsp3) is 0.296. The molecule has 176 valence electrons. The molecular weight excluding hydrogens is 433 g/mol. The average Bonchev–Trinajstić information content (AvgIpc) is 3.30. The lowest BCUT2D eigenvalue weighted by atomic mass is 9.81. The number of carbonyl (C=O) groups is 1. The second-order valence-corrected chi connectivity index (χ2v) is 8.86. The predicted molar refractivity (Wildman–Crippen MR) is 131 cm³/mol. The maximum Gasteiger partial charge on any atom is 0.322 e. The molecular formula is C27H28FN3O3. The number of hydrogen-bond donors (Lipinski definition) is 2. The third-order valence-corrected chi connectivity index (χ3v) is 7.14. The molecule has 6 nitrogen and oxygen atoms in total. The number of rotatable bonds is 4. The lowest BCUT2D eigenvalue weighted by Gasteiger charge is -2.44. The predicted octanol–water partition coefficient (Wildman–Crippen LogP) is 4.91. The topological polar surface area (TPSA) is 65.0 Å². The van der Waals surface area contributed by atoms with Crippen molar-refractivity contribution in [2.45, 2.75) is 18.5 Å². The maximum absolute atomic E-state index is 14.5. The number of fused-ring (bicyclic) bond motifs is 3. The molecule has 0 spiro atoms. The first-order chi connectivity index (χ1) is 16.5. The Bertz CT molecular complexity index is 1200. The minimum Gasteiger partial charge on any atom is -0.497 e. The van der Waals surface area contributed by atoms with Gasteiger partial charge in [-0.2, -0.15) is 0 Å². The van der Waals surface area contributed by atoms with Gasteiger partial charge in [-0.3, -0.25) is 0 Å². The fourth-order valence-corrected chi connectivity index (χ4v) is 5.41. The van der Waals surface area contributed by atoms with Crippen LogP contribution >= 0.6 is 0 Å². The van der Waals surface area contributed by atoms with Crippen LogP contribution in [0.4, 0.5) is 20.6 Å². The van der Waals surface area contributed by atoms with E-state index in [0.717, 1.165) is 29.0 Å². The van der Waals surface area contributed by atoms with Crippen LogP contribution in [0.2, 0.25) is 0 Å². The van der Waals surface area contributed by atoms with Gasteiger partial charge < -0.3 is 25.0 Å². The molecule has 2 aliphatic heterocycles. The number of aliphatic hydroxyl groups excluding tert-OH is 1. The fourth-order valence-electron chi connectivity index (χ4n) is 5.41. The highest BCUT2D eigenvalue weighted by Crippen LogP contribution is 2.49. The van der Waals surface area contributed by atoms with Crippen LogP contribution in [0.5, 0.6) is 5.75 Å². The summed E-state index contributed by atoms with van der Waals surface area (Å²) < 4.78 is 19.7. The summed E-state index contributed by atoms with van der Waals surface area (Å²) in [6.07, 6.45) is 0.777. The van der Waals surface area contributed by atoms with Crippen molar-refractivity contribution >= 4 is 17.4 Å². The normalized spacial score (nSPS) is 21.1. The van der Waals surface area contributed by atoms with Crippen molar-refractivity contribution in [3.8, 4) is 16.9 Å². The molecule has 3 aromatic carbocycles. The zero-order chi connectivity index (χ0) is 23.8. The van der Waals surface area contributed by atoms with Crippen LogP contribution in [-0.4, -0.2) is 49.4 Å². The van der Waals surface area contributed by atoms with Gasteiger partial charge in [0.15, 0.2) is 0 Å². The molecule has 1 saturated heterocycles. The number of methoxy groups -OCH3 is 1. The minimum absolute atomic E-state index is 0.000110. The molecule has 2 heterocycles. The van der Waals surface area contributed by atoms with Gasteiger partial charge >= 0.3 is 6.03 Å². The number of hydrogen-bond acceptors (Lipinski definition) is 4. The highest BCUT2D eigenvalue weighted by atomic mass is 19.1. The largest absolute Gasteiger partial charge is 0.497 e. The number of nitrogens with one attached hydrogen (secondary N) is 1. The van der Waals surface area contributed by atoms with Crippen LogP contribution < -0.4 is 15.0 Å². The number of anilines is 2. The summed E-state index contributed by atoms with van der Waals surface area (Å²) in [5, 5.41) is 13.2. The summed E-state index contributed by atoms with van der Waals surface area (Å²) >= 11 is 0. The van der Waals surface area contributed by atoms with Gasteiger partial charge in [-0.25, -0.2) is 9.18 Å². The first-order valence-corrected chi connectivity index (χ1v) is 11.5. The van der Waals surface area contributed by atoms with E-state index < -0.39 is 0 Å². The second-order valence-electron chi connectivity index (χ2n) is 8.86. The van der Waals surface area contributed by atoms with Gasteiger partial charge in [0.2, 0.25) is 0 Å². The summed E-state index contributed by atoms with van der Waals surface area (Å²) in [6, 6.07) is 19.3. The highest BCUT2D eigenvalue weighted by Gasteiger charge is 2.47. The van der Waals surface area contributed by atoms with Crippen molar-refractivity contribution in [2.24, 2.45) is 5.92 Å². The van der Waals surface area contributed by atoms with E-state index in [1.54, 1.807) is 43.5 Å². The lowest BCUT2D eigenvalue weighted by Crippen LogP contribution is -2.48. The first kappa shape index (κ1) is 22.2. The molecule has 3 aromatic rings. The Balaban J connectivity index is 1.52. The van der Waals surface area contributed by atoms with Crippen molar-refractivity contribution in [1.82, 2.24) is 4.90 Å². The number of likely N-dealkylation sites (N-methyl/N-ethyl adjacent to an activating group) is 1. The van der Waals surface area contributed by atoms with Gasteiger partial charge in [-0.15, -0.1) is 0 Å². The number of carbonyl (C=O) groups excluding carboxylic acids is 1. The van der Waals surface area contributed by atoms with Gasteiger partial charge in [0, 0.05) is 36.4 Å². The summed E-state index contributed by atoms with van der Waals surface area (Å²) in [5.41, 5.74) is 3.90. The molecule has 5 rings (SSSR count). The molecule has 0 aromatic heterocycles. The van der Waals surface area contributed by atoms with E-state index in [-0.39, 0.29) is 36.5 Å². The van der Waals surface area contributed by atoms with Crippen LogP contribution in [0.25, 0.3) is 11.1 Å². The molecule has 2 amide bonds. The van der Waals surface area contributed by atoms with Crippen molar-refractivity contribution in [3.63, 3.8) is 0 Å². The van der Waals surface area contributed by atoms with Crippen LogP contribution in [0, 0.1) is 11.7 Å². The molecule has 3 atom stereocenters. The maximum atomic E-state index is 14.5. The summed E-state index contributed by atoms with van der Waals surface area (Å²) in [6.45, 7) is 0.575. The number of benzene rings is 3. The highest BCUT2D eigenvalue weighted by molar-refractivity contribution is 5.90. The summed E-state index contributed by atoms with van der Waals surface area (Å²) in [5.74, 6) is 0.506. The molecule has 7 heteroatoms. The average molecular weight is 462 g/mol. The van der Waals surface area contributed by atoms with Gasteiger partial charge in [0.25, 0.3) is 0 Å². The van der Waals surface area contributed by atoms with E-state index in [1.165, 1.54) is 6.07 Å². The van der Waals surface area contributed by atoms with Crippen LogP contribution in [0.15, 0.2) is 66.7 Å². The second kappa shape index (κ2) is 8.99. The van der Waals surface area contributed by atoms with E-state index in [4.69, 9.17) is 4.74 Å². The molecule has 2 N–H and O–H groups in total. The Morgan fingerprint density at radius 2 is 1.91 bits per heavy atom. The number of halogens is 1. The van der Waals surface area contributed by atoms with E-state index in [2.05, 4.69) is 10.2 Å². The van der Waals surface area contributed by atoms with Crippen molar-refractivity contribution in [3.05, 3.63) is 78.1 Å². The molecule has 0 aliphatic carbocycles. The van der Waals surface area contributed by atoms with Gasteiger partial charge in [0.05, 0.1) is 25.8 Å². The van der Waals surface area contributed by atoms with Crippen molar-refractivity contribution < 1.29 is 19.0 Å². The molecule has 34 heavy (non-hydrogen) atoms. The molecule has 2 aliphatic rings.